The fraction of sp³-hybridized carbons (Fsp3) is 0.276. The van der Waals surface area contributed by atoms with Crippen LogP contribution in [-0.4, -0.2) is 40.3 Å². The SMILES string of the molecule is Cc1c(Cl)ccc2c1NC(=O)[C@@]21N[C@H](Cc2ccc(O)cc2)[C@H]2C(=O)N(CCc3ccccc3)C(=O)[C@H]21. The van der Waals surface area contributed by atoms with E-state index in [9.17, 15) is 19.5 Å². The van der Waals surface area contributed by atoms with Crippen molar-refractivity contribution in [2.75, 3.05) is 11.9 Å². The number of hydrogen-bond acceptors (Lipinski definition) is 5. The highest BCUT2D eigenvalue weighted by atomic mass is 35.5. The van der Waals surface area contributed by atoms with Crippen LogP contribution in [0.3, 0.4) is 0 Å². The highest BCUT2D eigenvalue weighted by molar-refractivity contribution is 6.32. The molecule has 0 aliphatic carbocycles. The Morgan fingerprint density at radius 3 is 2.41 bits per heavy atom. The molecule has 8 heteroatoms. The zero-order chi connectivity index (χ0) is 25.9. The Labute approximate surface area is 219 Å². The van der Waals surface area contributed by atoms with Gasteiger partial charge in [-0.2, -0.15) is 0 Å². The van der Waals surface area contributed by atoms with Crippen molar-refractivity contribution in [3.8, 4) is 5.75 Å². The molecule has 3 amide bonds. The van der Waals surface area contributed by atoms with Gasteiger partial charge in [-0.3, -0.25) is 24.6 Å². The number of phenols is 1. The van der Waals surface area contributed by atoms with E-state index < -0.39 is 23.4 Å². The molecule has 3 heterocycles. The second-order valence-electron chi connectivity index (χ2n) is 10.0. The number of benzene rings is 3. The minimum atomic E-state index is -1.37. The largest absolute Gasteiger partial charge is 0.508 e. The number of aromatic hydroxyl groups is 1. The van der Waals surface area contributed by atoms with Gasteiger partial charge in [0.2, 0.25) is 17.7 Å². The molecule has 0 radical (unpaired) electrons. The van der Waals surface area contributed by atoms with Crippen molar-refractivity contribution in [1.82, 2.24) is 10.2 Å². The molecule has 3 aliphatic heterocycles. The minimum Gasteiger partial charge on any atom is -0.508 e. The number of hydrogen-bond donors (Lipinski definition) is 3. The number of likely N-dealkylation sites (tertiary alicyclic amines) is 1. The Hall–Kier alpha value is -3.68. The van der Waals surface area contributed by atoms with Crippen LogP contribution in [-0.2, 0) is 32.8 Å². The lowest BCUT2D eigenvalue weighted by Crippen LogP contribution is -2.53. The van der Waals surface area contributed by atoms with Crippen LogP contribution in [0.2, 0.25) is 5.02 Å². The summed E-state index contributed by atoms with van der Waals surface area (Å²) in [5.41, 5.74) is 2.52. The van der Waals surface area contributed by atoms with Crippen molar-refractivity contribution >= 4 is 35.0 Å². The fourth-order valence-corrected chi connectivity index (χ4v) is 6.37. The molecule has 1 spiro atoms. The summed E-state index contributed by atoms with van der Waals surface area (Å²) in [4.78, 5) is 42.8. The van der Waals surface area contributed by atoms with Gasteiger partial charge in [0.05, 0.1) is 17.5 Å². The quantitative estimate of drug-likeness (QED) is 0.451. The van der Waals surface area contributed by atoms with Crippen LogP contribution in [0.25, 0.3) is 0 Å². The topological polar surface area (TPSA) is 98.7 Å². The van der Waals surface area contributed by atoms with E-state index in [0.29, 0.717) is 29.1 Å². The number of anilines is 1. The summed E-state index contributed by atoms with van der Waals surface area (Å²) in [6, 6.07) is 19.5. The van der Waals surface area contributed by atoms with E-state index in [1.807, 2.05) is 37.3 Å². The molecule has 0 aromatic heterocycles. The number of phenolic OH excluding ortho intramolecular Hbond substituents is 1. The first kappa shape index (κ1) is 23.7. The van der Waals surface area contributed by atoms with E-state index in [2.05, 4.69) is 10.6 Å². The van der Waals surface area contributed by atoms with Crippen LogP contribution < -0.4 is 10.6 Å². The van der Waals surface area contributed by atoms with E-state index in [1.54, 1.807) is 36.4 Å². The number of rotatable bonds is 5. The number of nitrogens with zero attached hydrogens (tertiary/aromatic N) is 1. The van der Waals surface area contributed by atoms with Gasteiger partial charge in [0.15, 0.2) is 0 Å². The van der Waals surface area contributed by atoms with Gasteiger partial charge in [0.25, 0.3) is 0 Å². The normalized spacial score (nSPS) is 26.1. The number of carbonyl (C=O) groups is 3. The lowest BCUT2D eigenvalue weighted by Gasteiger charge is -2.29. The first-order chi connectivity index (χ1) is 17.8. The lowest BCUT2D eigenvalue weighted by molar-refractivity contribution is -0.142. The van der Waals surface area contributed by atoms with Crippen LogP contribution in [0, 0.1) is 18.8 Å². The highest BCUT2D eigenvalue weighted by Crippen LogP contribution is 2.54. The molecule has 3 aromatic carbocycles. The second-order valence-corrected chi connectivity index (χ2v) is 10.5. The maximum absolute atomic E-state index is 14.0. The van der Waals surface area contributed by atoms with Gasteiger partial charge < -0.3 is 10.4 Å². The Kier molecular flexibility index (Phi) is 5.58. The van der Waals surface area contributed by atoms with Gasteiger partial charge in [-0.05, 0) is 54.7 Å². The van der Waals surface area contributed by atoms with Gasteiger partial charge in [-0.25, -0.2) is 0 Å². The van der Waals surface area contributed by atoms with E-state index in [4.69, 9.17) is 11.6 Å². The number of nitrogens with one attached hydrogen (secondary N) is 2. The Morgan fingerprint density at radius 2 is 1.68 bits per heavy atom. The summed E-state index contributed by atoms with van der Waals surface area (Å²) >= 11 is 6.35. The van der Waals surface area contributed by atoms with Crippen molar-refractivity contribution in [2.24, 2.45) is 11.8 Å². The molecule has 0 unspecified atom stereocenters. The lowest BCUT2D eigenvalue weighted by atomic mass is 9.76. The molecular formula is C29H26ClN3O4. The number of imide groups is 1. The second kappa shape index (κ2) is 8.71. The van der Waals surface area contributed by atoms with Crippen molar-refractivity contribution in [3.63, 3.8) is 0 Å². The monoisotopic (exact) mass is 515 g/mol. The summed E-state index contributed by atoms with van der Waals surface area (Å²) < 4.78 is 0. The maximum Gasteiger partial charge on any atom is 0.250 e. The summed E-state index contributed by atoms with van der Waals surface area (Å²) in [5.74, 6) is -2.37. The van der Waals surface area contributed by atoms with Crippen molar-refractivity contribution < 1.29 is 19.5 Å². The molecule has 2 fully saturated rings. The van der Waals surface area contributed by atoms with Gasteiger partial charge in [0, 0.05) is 23.2 Å². The molecule has 37 heavy (non-hydrogen) atoms. The van der Waals surface area contributed by atoms with Crippen molar-refractivity contribution in [3.05, 3.63) is 94.0 Å². The summed E-state index contributed by atoms with van der Waals surface area (Å²) in [5, 5.41) is 16.6. The Balaban J connectivity index is 1.41. The van der Waals surface area contributed by atoms with E-state index in [0.717, 1.165) is 16.7 Å². The van der Waals surface area contributed by atoms with Crippen LogP contribution in [0.15, 0.2) is 66.7 Å². The molecule has 3 aliphatic rings. The zero-order valence-electron chi connectivity index (χ0n) is 20.2. The van der Waals surface area contributed by atoms with E-state index in [1.165, 1.54) is 4.90 Å². The predicted octanol–water partition coefficient (Wildman–Crippen LogP) is 3.56. The Morgan fingerprint density at radius 1 is 0.946 bits per heavy atom. The van der Waals surface area contributed by atoms with Gasteiger partial charge in [0.1, 0.15) is 11.3 Å². The molecule has 7 nitrogen and oxygen atoms in total. The number of amides is 3. The van der Waals surface area contributed by atoms with Gasteiger partial charge in [-0.1, -0.05) is 60.1 Å². The summed E-state index contributed by atoms with van der Waals surface area (Å²) in [6.07, 6.45) is 0.961. The third-order valence-electron chi connectivity index (χ3n) is 8.03. The van der Waals surface area contributed by atoms with Gasteiger partial charge >= 0.3 is 0 Å². The first-order valence-electron chi connectivity index (χ1n) is 12.4. The van der Waals surface area contributed by atoms with Crippen LogP contribution in [0.4, 0.5) is 5.69 Å². The number of carbonyl (C=O) groups excluding carboxylic acids is 3. The maximum atomic E-state index is 14.0. The van der Waals surface area contributed by atoms with E-state index in [-0.39, 0.29) is 30.0 Å². The fourth-order valence-electron chi connectivity index (χ4n) is 6.22. The third kappa shape index (κ3) is 3.56. The molecule has 0 bridgehead atoms. The van der Waals surface area contributed by atoms with Crippen molar-refractivity contribution in [2.45, 2.75) is 31.3 Å². The minimum absolute atomic E-state index is 0.146. The summed E-state index contributed by atoms with van der Waals surface area (Å²) in [7, 11) is 0. The number of halogens is 1. The third-order valence-corrected chi connectivity index (χ3v) is 8.44. The molecule has 4 atom stereocenters. The number of fused-ring (bicyclic) bond motifs is 4. The van der Waals surface area contributed by atoms with E-state index >= 15 is 0 Å². The molecule has 188 valence electrons. The molecule has 3 N–H and O–H groups in total. The highest BCUT2D eigenvalue weighted by Gasteiger charge is 2.70. The van der Waals surface area contributed by atoms with Crippen molar-refractivity contribution in [1.29, 1.82) is 0 Å². The molecule has 6 rings (SSSR count). The predicted molar refractivity (Wildman–Crippen MR) is 139 cm³/mol. The standard InChI is InChI=1S/C29H26ClN3O4/c1-16-21(30)12-11-20-25(16)31-28(37)29(20)24-23(22(32-29)15-18-7-9-19(34)10-8-18)26(35)33(27(24)36)14-13-17-5-3-2-4-6-17/h2-12,22-24,32,34H,13-15H2,1H3,(H,31,37)/t22-,23-,24+,29-/m1/s1. The van der Waals surface area contributed by atoms with Crippen LogP contribution in [0.1, 0.15) is 22.3 Å². The van der Waals surface area contributed by atoms with Crippen LogP contribution in [0.5, 0.6) is 5.75 Å². The Bertz CT molecular complexity index is 1430. The van der Waals surface area contributed by atoms with Crippen LogP contribution >= 0.6 is 11.6 Å². The zero-order valence-corrected chi connectivity index (χ0v) is 21.0. The van der Waals surface area contributed by atoms with Gasteiger partial charge in [-0.15, -0.1) is 0 Å². The molecular weight excluding hydrogens is 490 g/mol. The average molecular weight is 516 g/mol. The first-order valence-corrected chi connectivity index (χ1v) is 12.7. The molecule has 3 aromatic rings. The smallest absolute Gasteiger partial charge is 0.250 e. The molecule has 2 saturated heterocycles. The molecule has 0 saturated carbocycles. The average Bonchev–Trinajstić information content (AvgIpc) is 3.47. The summed E-state index contributed by atoms with van der Waals surface area (Å²) in [6.45, 7) is 2.08.